The van der Waals surface area contributed by atoms with E-state index < -0.39 is 0 Å². The van der Waals surface area contributed by atoms with Crippen LogP contribution in [-0.4, -0.2) is 16.8 Å². The molecule has 2 amide bonds. The highest BCUT2D eigenvalue weighted by molar-refractivity contribution is 6.34. The number of pyridine rings is 1. The minimum absolute atomic E-state index is 0.220. The quantitative estimate of drug-likeness (QED) is 0.416. The molecule has 4 aromatic rings. The van der Waals surface area contributed by atoms with Crippen molar-refractivity contribution < 1.29 is 9.59 Å². The number of nitrogens with zero attached hydrogens (tertiary/aromatic N) is 1. The highest BCUT2D eigenvalue weighted by atomic mass is 35.5. The van der Waals surface area contributed by atoms with Crippen molar-refractivity contribution >= 4 is 34.9 Å². The van der Waals surface area contributed by atoms with E-state index in [1.54, 1.807) is 54.6 Å². The average molecular weight is 428 g/mol. The summed E-state index contributed by atoms with van der Waals surface area (Å²) in [5.41, 5.74) is 3.17. The van der Waals surface area contributed by atoms with Crippen LogP contribution in [0.25, 0.3) is 11.3 Å². The molecule has 0 saturated heterocycles. The average Bonchev–Trinajstić information content (AvgIpc) is 2.80. The van der Waals surface area contributed by atoms with E-state index in [1.165, 1.54) is 0 Å². The molecule has 6 heteroatoms. The van der Waals surface area contributed by atoms with E-state index in [1.807, 2.05) is 42.5 Å². The first-order chi connectivity index (χ1) is 15.1. The second kappa shape index (κ2) is 9.24. The number of aromatic nitrogens is 1. The molecule has 152 valence electrons. The summed E-state index contributed by atoms with van der Waals surface area (Å²) in [6, 6.07) is 28.6. The molecule has 0 unspecified atom stereocenters. The molecule has 2 N–H and O–H groups in total. The standard InChI is InChI=1S/C25H18ClN3O2/c26-21-10-5-4-9-20(21)25(31)27-19-15-13-17(14-16-19)22-11-6-12-23(28-22)29-24(30)18-7-2-1-3-8-18/h1-16H,(H,27,31)(H,28,29,30). The fraction of sp³-hybridized carbons (Fsp3) is 0. The normalized spacial score (nSPS) is 10.4. The van der Waals surface area contributed by atoms with Crippen LogP contribution >= 0.6 is 11.6 Å². The summed E-state index contributed by atoms with van der Waals surface area (Å²) in [5.74, 6) is -0.0348. The molecule has 5 nitrogen and oxygen atoms in total. The molecular formula is C25H18ClN3O2. The number of hydrogen-bond acceptors (Lipinski definition) is 3. The van der Waals surface area contributed by atoms with Crippen LogP contribution in [0.1, 0.15) is 20.7 Å². The van der Waals surface area contributed by atoms with Gasteiger partial charge in [0, 0.05) is 16.8 Å². The predicted molar refractivity (Wildman–Crippen MR) is 123 cm³/mol. The number of halogens is 1. The molecule has 0 bridgehead atoms. The number of anilines is 2. The lowest BCUT2D eigenvalue weighted by molar-refractivity contribution is 0.101. The van der Waals surface area contributed by atoms with Gasteiger partial charge < -0.3 is 10.6 Å². The first kappa shape index (κ1) is 20.3. The lowest BCUT2D eigenvalue weighted by Crippen LogP contribution is -2.13. The summed E-state index contributed by atoms with van der Waals surface area (Å²) in [6.45, 7) is 0. The minimum Gasteiger partial charge on any atom is -0.322 e. The molecule has 0 atom stereocenters. The van der Waals surface area contributed by atoms with Crippen LogP contribution in [0, 0.1) is 0 Å². The molecule has 0 radical (unpaired) electrons. The Morgan fingerprint density at radius 2 is 1.39 bits per heavy atom. The fourth-order valence-corrected chi connectivity index (χ4v) is 3.23. The van der Waals surface area contributed by atoms with Gasteiger partial charge in [-0.1, -0.05) is 60.1 Å². The van der Waals surface area contributed by atoms with Crippen molar-refractivity contribution in [2.75, 3.05) is 10.6 Å². The Morgan fingerprint density at radius 1 is 0.677 bits per heavy atom. The largest absolute Gasteiger partial charge is 0.322 e. The first-order valence-electron chi connectivity index (χ1n) is 9.60. The second-order valence-corrected chi connectivity index (χ2v) is 7.15. The van der Waals surface area contributed by atoms with E-state index in [-0.39, 0.29) is 11.8 Å². The highest BCUT2D eigenvalue weighted by Gasteiger charge is 2.11. The number of carbonyl (C=O) groups is 2. The minimum atomic E-state index is -0.276. The summed E-state index contributed by atoms with van der Waals surface area (Å²) >= 11 is 6.08. The maximum atomic E-state index is 12.4. The zero-order valence-corrected chi connectivity index (χ0v) is 17.1. The maximum absolute atomic E-state index is 12.4. The summed E-state index contributed by atoms with van der Waals surface area (Å²) in [4.78, 5) is 29.3. The first-order valence-corrected chi connectivity index (χ1v) is 9.98. The van der Waals surface area contributed by atoms with Crippen molar-refractivity contribution in [3.63, 3.8) is 0 Å². The van der Waals surface area contributed by atoms with Gasteiger partial charge in [-0.25, -0.2) is 4.98 Å². The van der Waals surface area contributed by atoms with E-state index in [0.717, 1.165) is 5.56 Å². The third-order valence-corrected chi connectivity index (χ3v) is 4.91. The fourth-order valence-electron chi connectivity index (χ4n) is 3.01. The number of nitrogens with one attached hydrogen (secondary N) is 2. The second-order valence-electron chi connectivity index (χ2n) is 6.74. The maximum Gasteiger partial charge on any atom is 0.257 e. The van der Waals surface area contributed by atoms with E-state index >= 15 is 0 Å². The van der Waals surface area contributed by atoms with Crippen LogP contribution in [0.2, 0.25) is 5.02 Å². The van der Waals surface area contributed by atoms with Crippen LogP contribution in [0.15, 0.2) is 97.1 Å². The zero-order chi connectivity index (χ0) is 21.6. The number of rotatable bonds is 5. The Morgan fingerprint density at radius 3 is 2.13 bits per heavy atom. The molecule has 0 aliphatic rings. The molecular weight excluding hydrogens is 410 g/mol. The van der Waals surface area contributed by atoms with Gasteiger partial charge in [-0.15, -0.1) is 0 Å². The van der Waals surface area contributed by atoms with Gasteiger partial charge >= 0.3 is 0 Å². The van der Waals surface area contributed by atoms with E-state index in [4.69, 9.17) is 11.6 Å². The van der Waals surface area contributed by atoms with Gasteiger partial charge in [-0.05, 0) is 48.5 Å². The van der Waals surface area contributed by atoms with Gasteiger partial charge in [0.05, 0.1) is 16.3 Å². The Balaban J connectivity index is 1.47. The number of carbonyl (C=O) groups excluding carboxylic acids is 2. The Hall–Kier alpha value is -3.96. The lowest BCUT2D eigenvalue weighted by atomic mass is 10.1. The summed E-state index contributed by atoms with van der Waals surface area (Å²) in [6.07, 6.45) is 0. The molecule has 1 aromatic heterocycles. The molecule has 31 heavy (non-hydrogen) atoms. The van der Waals surface area contributed by atoms with E-state index in [0.29, 0.717) is 33.3 Å². The molecule has 0 spiro atoms. The molecule has 0 aliphatic heterocycles. The van der Waals surface area contributed by atoms with Crippen LogP contribution < -0.4 is 10.6 Å². The van der Waals surface area contributed by atoms with E-state index in [2.05, 4.69) is 15.6 Å². The number of hydrogen-bond donors (Lipinski definition) is 2. The van der Waals surface area contributed by atoms with Crippen molar-refractivity contribution in [3.8, 4) is 11.3 Å². The van der Waals surface area contributed by atoms with Crippen molar-refractivity contribution in [2.45, 2.75) is 0 Å². The van der Waals surface area contributed by atoms with Gasteiger partial charge in [0.1, 0.15) is 5.82 Å². The van der Waals surface area contributed by atoms with Gasteiger partial charge in [-0.2, -0.15) is 0 Å². The van der Waals surface area contributed by atoms with Crippen LogP contribution in [0.4, 0.5) is 11.5 Å². The third kappa shape index (κ3) is 4.97. The topological polar surface area (TPSA) is 71.1 Å². The molecule has 1 heterocycles. The van der Waals surface area contributed by atoms with Gasteiger partial charge in [0.15, 0.2) is 0 Å². The molecule has 4 rings (SSSR count). The van der Waals surface area contributed by atoms with Crippen molar-refractivity contribution in [1.82, 2.24) is 4.98 Å². The molecule has 0 fully saturated rings. The Kier molecular flexibility index (Phi) is 6.05. The monoisotopic (exact) mass is 427 g/mol. The van der Waals surface area contributed by atoms with Crippen molar-refractivity contribution in [3.05, 3.63) is 113 Å². The van der Waals surface area contributed by atoms with Crippen molar-refractivity contribution in [1.29, 1.82) is 0 Å². The van der Waals surface area contributed by atoms with Crippen LogP contribution in [0.5, 0.6) is 0 Å². The smallest absolute Gasteiger partial charge is 0.257 e. The van der Waals surface area contributed by atoms with Crippen LogP contribution in [0.3, 0.4) is 0 Å². The Labute approximate surface area is 184 Å². The summed E-state index contributed by atoms with van der Waals surface area (Å²) in [5, 5.41) is 6.04. The number of amides is 2. The molecule has 3 aromatic carbocycles. The van der Waals surface area contributed by atoms with Gasteiger partial charge in [0.25, 0.3) is 11.8 Å². The predicted octanol–water partition coefficient (Wildman–Crippen LogP) is 5.91. The van der Waals surface area contributed by atoms with E-state index in [9.17, 15) is 9.59 Å². The highest BCUT2D eigenvalue weighted by Crippen LogP contribution is 2.22. The van der Waals surface area contributed by atoms with Crippen LogP contribution in [-0.2, 0) is 0 Å². The van der Waals surface area contributed by atoms with Gasteiger partial charge in [-0.3, -0.25) is 9.59 Å². The SMILES string of the molecule is O=C(Nc1cccc(-c2ccc(NC(=O)c3ccccc3Cl)cc2)n1)c1ccccc1. The molecule has 0 aliphatic carbocycles. The van der Waals surface area contributed by atoms with Gasteiger partial charge in [0.2, 0.25) is 0 Å². The summed E-state index contributed by atoms with van der Waals surface area (Å²) in [7, 11) is 0. The number of benzene rings is 3. The zero-order valence-electron chi connectivity index (χ0n) is 16.4. The Bertz CT molecular complexity index is 1220. The van der Waals surface area contributed by atoms with Crippen molar-refractivity contribution in [2.24, 2.45) is 0 Å². The third-order valence-electron chi connectivity index (χ3n) is 4.58. The summed E-state index contributed by atoms with van der Waals surface area (Å²) < 4.78 is 0. The lowest BCUT2D eigenvalue weighted by Gasteiger charge is -2.09. The molecule has 0 saturated carbocycles.